The number of sulfone groups is 1. The molecule has 0 aliphatic carbocycles. The van der Waals surface area contributed by atoms with E-state index < -0.39 is 15.7 Å². The lowest BCUT2D eigenvalue weighted by Crippen LogP contribution is -2.17. The average molecular weight is 358 g/mol. The van der Waals surface area contributed by atoms with Crippen LogP contribution in [0.1, 0.15) is 6.42 Å². The normalized spacial score (nSPS) is 11.2. The molecule has 0 heterocycles. The molecule has 0 aromatic heterocycles. The zero-order valence-electron chi connectivity index (χ0n) is 11.4. The third-order valence-corrected chi connectivity index (χ3v) is 5.37. The largest absolute Gasteiger partial charge is 0.326 e. The Bertz CT molecular complexity index is 777. The van der Waals surface area contributed by atoms with E-state index in [0.29, 0.717) is 15.7 Å². The van der Waals surface area contributed by atoms with E-state index in [0.717, 1.165) is 0 Å². The number of hydrogen-bond donors (Lipinski definition) is 1. The monoisotopic (exact) mass is 357 g/mol. The van der Waals surface area contributed by atoms with Gasteiger partial charge in [0.25, 0.3) is 0 Å². The number of benzene rings is 2. The lowest BCUT2D eigenvalue weighted by molar-refractivity contribution is -0.115. The van der Waals surface area contributed by atoms with Crippen LogP contribution < -0.4 is 5.32 Å². The predicted octanol–water partition coefficient (Wildman–Crippen LogP) is 3.80. The van der Waals surface area contributed by atoms with E-state index in [9.17, 15) is 13.2 Å². The highest BCUT2D eigenvalue weighted by Gasteiger charge is 2.16. The van der Waals surface area contributed by atoms with Crippen LogP contribution in [0.25, 0.3) is 0 Å². The quantitative estimate of drug-likeness (QED) is 0.884. The van der Waals surface area contributed by atoms with Gasteiger partial charge in [0, 0.05) is 12.1 Å². The third kappa shape index (κ3) is 4.47. The van der Waals surface area contributed by atoms with Crippen LogP contribution in [-0.4, -0.2) is 20.1 Å². The van der Waals surface area contributed by atoms with Crippen LogP contribution >= 0.6 is 23.2 Å². The summed E-state index contributed by atoms with van der Waals surface area (Å²) in [5, 5.41) is 3.28. The van der Waals surface area contributed by atoms with E-state index in [1.165, 1.54) is 18.2 Å². The lowest BCUT2D eigenvalue weighted by Gasteiger charge is -2.07. The maximum absolute atomic E-state index is 12.1. The van der Waals surface area contributed by atoms with E-state index in [4.69, 9.17) is 23.2 Å². The van der Waals surface area contributed by atoms with Crippen molar-refractivity contribution in [2.45, 2.75) is 11.3 Å². The van der Waals surface area contributed by atoms with Gasteiger partial charge in [0.2, 0.25) is 5.91 Å². The maximum atomic E-state index is 12.1. The van der Waals surface area contributed by atoms with Crippen molar-refractivity contribution in [3.05, 3.63) is 58.6 Å². The van der Waals surface area contributed by atoms with Gasteiger partial charge >= 0.3 is 0 Å². The second kappa shape index (κ2) is 7.13. The topological polar surface area (TPSA) is 63.2 Å². The fourth-order valence-electron chi connectivity index (χ4n) is 1.77. The number of anilines is 1. The SMILES string of the molecule is O=C(CCS(=O)(=O)c1ccccc1)Nc1ccc(Cl)c(Cl)c1. The summed E-state index contributed by atoms with van der Waals surface area (Å²) in [5.41, 5.74) is 0.469. The van der Waals surface area contributed by atoms with E-state index >= 15 is 0 Å². The molecule has 0 aliphatic heterocycles. The number of hydrogen-bond acceptors (Lipinski definition) is 3. The Morgan fingerprint density at radius 2 is 1.68 bits per heavy atom. The molecule has 0 atom stereocenters. The molecule has 2 rings (SSSR count). The molecule has 0 spiro atoms. The van der Waals surface area contributed by atoms with E-state index in [1.807, 2.05) is 0 Å². The summed E-state index contributed by atoms with van der Waals surface area (Å²) >= 11 is 11.6. The lowest BCUT2D eigenvalue weighted by atomic mass is 10.3. The van der Waals surface area contributed by atoms with Crippen LogP contribution in [-0.2, 0) is 14.6 Å². The fraction of sp³-hybridized carbons (Fsp3) is 0.133. The van der Waals surface area contributed by atoms with Crippen LogP contribution in [0, 0.1) is 0 Å². The highest BCUT2D eigenvalue weighted by atomic mass is 35.5. The van der Waals surface area contributed by atoms with Gasteiger partial charge in [-0.3, -0.25) is 4.79 Å². The summed E-state index contributed by atoms with van der Waals surface area (Å²) in [6.07, 6.45) is -0.141. The Hall–Kier alpha value is -1.56. The van der Waals surface area contributed by atoms with Gasteiger partial charge in [-0.2, -0.15) is 0 Å². The predicted molar refractivity (Wildman–Crippen MR) is 88.2 cm³/mol. The van der Waals surface area contributed by atoms with Crippen molar-refractivity contribution in [1.29, 1.82) is 0 Å². The molecule has 0 unspecified atom stereocenters. The molecule has 22 heavy (non-hydrogen) atoms. The van der Waals surface area contributed by atoms with Crippen molar-refractivity contribution in [1.82, 2.24) is 0 Å². The van der Waals surface area contributed by atoms with Gasteiger partial charge < -0.3 is 5.32 Å². The molecule has 0 bridgehead atoms. The standard InChI is InChI=1S/C15H13Cl2NO3S/c16-13-7-6-11(10-14(13)17)18-15(19)8-9-22(20,21)12-4-2-1-3-5-12/h1-7,10H,8-9H2,(H,18,19). The van der Waals surface area contributed by atoms with Crippen molar-refractivity contribution in [2.75, 3.05) is 11.1 Å². The summed E-state index contributed by atoms with van der Waals surface area (Å²) in [5.74, 6) is -0.664. The Labute approximate surface area is 139 Å². The second-order valence-corrected chi connectivity index (χ2v) is 7.48. The van der Waals surface area contributed by atoms with Crippen LogP contribution in [0.4, 0.5) is 5.69 Å². The summed E-state index contributed by atoms with van der Waals surface area (Å²) in [4.78, 5) is 12.0. The van der Waals surface area contributed by atoms with Gasteiger partial charge in [0.05, 0.1) is 20.7 Å². The van der Waals surface area contributed by atoms with Gasteiger partial charge in [-0.1, -0.05) is 41.4 Å². The molecule has 116 valence electrons. The minimum absolute atomic E-state index is 0.141. The summed E-state index contributed by atoms with van der Waals surface area (Å²) in [6, 6.07) is 12.7. The minimum Gasteiger partial charge on any atom is -0.326 e. The zero-order valence-corrected chi connectivity index (χ0v) is 13.8. The van der Waals surface area contributed by atoms with E-state index in [2.05, 4.69) is 5.32 Å². The fourth-order valence-corrected chi connectivity index (χ4v) is 3.33. The minimum atomic E-state index is -3.47. The highest BCUT2D eigenvalue weighted by Crippen LogP contribution is 2.25. The molecule has 2 aromatic rings. The van der Waals surface area contributed by atoms with Crippen LogP contribution in [0.5, 0.6) is 0 Å². The zero-order chi connectivity index (χ0) is 16.2. The molecule has 0 aliphatic rings. The first-order chi connectivity index (χ1) is 10.4. The van der Waals surface area contributed by atoms with Crippen molar-refractivity contribution >= 4 is 44.6 Å². The smallest absolute Gasteiger partial charge is 0.225 e. The summed E-state index contributed by atoms with van der Waals surface area (Å²) in [6.45, 7) is 0. The first kappa shape index (κ1) is 16.8. The second-order valence-electron chi connectivity index (χ2n) is 4.56. The van der Waals surface area contributed by atoms with Gasteiger partial charge in [-0.05, 0) is 30.3 Å². The van der Waals surface area contributed by atoms with Gasteiger partial charge in [-0.25, -0.2) is 8.42 Å². The van der Waals surface area contributed by atoms with Gasteiger partial charge in [0.1, 0.15) is 0 Å². The van der Waals surface area contributed by atoms with Crippen molar-refractivity contribution in [3.8, 4) is 0 Å². The molecule has 1 N–H and O–H groups in total. The Morgan fingerprint density at radius 1 is 1.00 bits per heavy atom. The van der Waals surface area contributed by atoms with Crippen LogP contribution in [0.2, 0.25) is 10.0 Å². The number of rotatable bonds is 5. The molecule has 1 amide bonds. The third-order valence-electron chi connectivity index (χ3n) is 2.90. The van der Waals surface area contributed by atoms with Crippen LogP contribution in [0.15, 0.2) is 53.4 Å². The summed E-state index contributed by atoms with van der Waals surface area (Å²) < 4.78 is 24.1. The van der Waals surface area contributed by atoms with Crippen molar-refractivity contribution in [2.24, 2.45) is 0 Å². The molecule has 0 saturated heterocycles. The highest BCUT2D eigenvalue weighted by molar-refractivity contribution is 7.91. The Balaban J connectivity index is 1.97. The number of carbonyl (C=O) groups excluding carboxylic acids is 1. The first-order valence-electron chi connectivity index (χ1n) is 6.41. The average Bonchev–Trinajstić information content (AvgIpc) is 2.50. The number of amides is 1. The van der Waals surface area contributed by atoms with E-state index in [1.54, 1.807) is 30.3 Å². The van der Waals surface area contributed by atoms with Crippen molar-refractivity contribution < 1.29 is 13.2 Å². The molecule has 4 nitrogen and oxygen atoms in total. The van der Waals surface area contributed by atoms with Gasteiger partial charge in [-0.15, -0.1) is 0 Å². The Kier molecular flexibility index (Phi) is 5.45. The van der Waals surface area contributed by atoms with Gasteiger partial charge in [0.15, 0.2) is 9.84 Å². The van der Waals surface area contributed by atoms with E-state index in [-0.39, 0.29) is 17.1 Å². The maximum Gasteiger partial charge on any atom is 0.225 e. The number of halogens is 2. The Morgan fingerprint density at radius 3 is 2.32 bits per heavy atom. The number of carbonyl (C=O) groups is 1. The van der Waals surface area contributed by atoms with Crippen molar-refractivity contribution in [3.63, 3.8) is 0 Å². The molecule has 0 fully saturated rings. The molecule has 0 radical (unpaired) electrons. The number of nitrogens with one attached hydrogen (secondary N) is 1. The summed E-state index contributed by atoms with van der Waals surface area (Å²) in [7, 11) is -3.47. The molecular formula is C15H13Cl2NO3S. The molecule has 2 aromatic carbocycles. The molecule has 7 heteroatoms. The molecular weight excluding hydrogens is 345 g/mol. The van der Waals surface area contributed by atoms with Crippen LogP contribution in [0.3, 0.4) is 0 Å². The molecule has 0 saturated carbocycles. The first-order valence-corrected chi connectivity index (χ1v) is 8.82.